The predicted octanol–water partition coefficient (Wildman–Crippen LogP) is 2.78. The van der Waals surface area contributed by atoms with Crippen molar-refractivity contribution in [3.63, 3.8) is 0 Å². The number of anilines is 1. The van der Waals surface area contributed by atoms with E-state index in [1.807, 2.05) is 30.1 Å². The molecule has 0 bridgehead atoms. The Kier molecular flexibility index (Phi) is 3.32. The highest BCUT2D eigenvalue weighted by atomic mass is 79.9. The van der Waals surface area contributed by atoms with E-state index in [4.69, 9.17) is 5.26 Å². The van der Waals surface area contributed by atoms with Gasteiger partial charge in [-0.1, -0.05) is 15.9 Å². The molecule has 0 saturated heterocycles. The lowest BCUT2D eigenvalue weighted by Crippen LogP contribution is -2.16. The second-order valence-electron chi connectivity index (χ2n) is 2.79. The summed E-state index contributed by atoms with van der Waals surface area (Å²) in [5, 5.41) is 8.89. The fourth-order valence-corrected chi connectivity index (χ4v) is 1.46. The van der Waals surface area contributed by atoms with E-state index in [2.05, 4.69) is 28.9 Å². The van der Waals surface area contributed by atoms with Gasteiger partial charge in [0, 0.05) is 18.1 Å². The molecular weight excluding hydrogens is 228 g/mol. The average molecular weight is 239 g/mol. The Balaban J connectivity index is 3.15. The van der Waals surface area contributed by atoms with E-state index in [1.165, 1.54) is 0 Å². The van der Waals surface area contributed by atoms with Crippen LogP contribution in [0.25, 0.3) is 0 Å². The number of nitrogens with zero attached hydrogens (tertiary/aromatic N) is 2. The standard InChI is InChI=1S/C10H11BrN2/c1-3-13(2)10-5-4-9(11)6-8(10)7-12/h4-6H,3H2,1-2H3. The Bertz CT molecular complexity index is 341. The molecule has 0 aliphatic carbocycles. The molecule has 0 aliphatic rings. The maximum absolute atomic E-state index is 8.89. The Morgan fingerprint density at radius 3 is 2.77 bits per heavy atom. The minimum Gasteiger partial charge on any atom is -0.374 e. The summed E-state index contributed by atoms with van der Waals surface area (Å²) in [4.78, 5) is 2.05. The molecule has 0 amide bonds. The van der Waals surface area contributed by atoms with E-state index in [0.717, 1.165) is 16.7 Å². The molecule has 68 valence electrons. The molecule has 0 saturated carbocycles. The van der Waals surface area contributed by atoms with Gasteiger partial charge in [-0.05, 0) is 25.1 Å². The molecule has 0 unspecified atom stereocenters. The van der Waals surface area contributed by atoms with Crippen molar-refractivity contribution in [3.8, 4) is 6.07 Å². The Morgan fingerprint density at radius 1 is 1.54 bits per heavy atom. The summed E-state index contributed by atoms with van der Waals surface area (Å²) >= 11 is 3.34. The summed E-state index contributed by atoms with van der Waals surface area (Å²) in [6.07, 6.45) is 0. The van der Waals surface area contributed by atoms with Gasteiger partial charge in [-0.2, -0.15) is 5.26 Å². The second kappa shape index (κ2) is 4.29. The molecule has 0 fully saturated rings. The maximum Gasteiger partial charge on any atom is 0.101 e. The van der Waals surface area contributed by atoms with Crippen molar-refractivity contribution in [2.45, 2.75) is 6.92 Å². The molecule has 0 aliphatic heterocycles. The minimum absolute atomic E-state index is 0.707. The van der Waals surface area contributed by atoms with Gasteiger partial charge in [0.05, 0.1) is 11.3 Å². The van der Waals surface area contributed by atoms with Gasteiger partial charge >= 0.3 is 0 Å². The van der Waals surface area contributed by atoms with Crippen molar-refractivity contribution < 1.29 is 0 Å². The van der Waals surface area contributed by atoms with Crippen molar-refractivity contribution in [2.24, 2.45) is 0 Å². The second-order valence-corrected chi connectivity index (χ2v) is 3.70. The van der Waals surface area contributed by atoms with E-state index in [0.29, 0.717) is 5.56 Å². The molecule has 1 aromatic rings. The van der Waals surface area contributed by atoms with Crippen molar-refractivity contribution in [1.82, 2.24) is 0 Å². The number of halogens is 1. The van der Waals surface area contributed by atoms with Gasteiger partial charge in [-0.3, -0.25) is 0 Å². The molecule has 3 heteroatoms. The lowest BCUT2D eigenvalue weighted by Gasteiger charge is -2.17. The van der Waals surface area contributed by atoms with E-state index >= 15 is 0 Å². The summed E-state index contributed by atoms with van der Waals surface area (Å²) < 4.78 is 0.942. The van der Waals surface area contributed by atoms with Crippen molar-refractivity contribution in [2.75, 3.05) is 18.5 Å². The average Bonchev–Trinajstić information content (AvgIpc) is 2.16. The molecule has 0 N–H and O–H groups in total. The quantitative estimate of drug-likeness (QED) is 0.793. The first-order valence-corrected chi connectivity index (χ1v) is 4.89. The molecule has 0 aromatic heterocycles. The minimum atomic E-state index is 0.707. The van der Waals surface area contributed by atoms with E-state index < -0.39 is 0 Å². The van der Waals surface area contributed by atoms with Gasteiger partial charge in [0.15, 0.2) is 0 Å². The van der Waals surface area contributed by atoms with E-state index in [-0.39, 0.29) is 0 Å². The first kappa shape index (κ1) is 10.1. The SMILES string of the molecule is CCN(C)c1ccc(Br)cc1C#N. The number of rotatable bonds is 2. The van der Waals surface area contributed by atoms with Crippen LogP contribution in [0.3, 0.4) is 0 Å². The van der Waals surface area contributed by atoms with Gasteiger partial charge in [0.2, 0.25) is 0 Å². The van der Waals surface area contributed by atoms with Gasteiger partial charge in [0.25, 0.3) is 0 Å². The van der Waals surface area contributed by atoms with Crippen LogP contribution in [0.1, 0.15) is 12.5 Å². The van der Waals surface area contributed by atoms with Crippen LogP contribution < -0.4 is 4.90 Å². The van der Waals surface area contributed by atoms with Crippen LogP contribution in [0, 0.1) is 11.3 Å². The van der Waals surface area contributed by atoms with Gasteiger partial charge in [-0.15, -0.1) is 0 Å². The molecule has 0 heterocycles. The van der Waals surface area contributed by atoms with E-state index in [9.17, 15) is 0 Å². The fourth-order valence-electron chi connectivity index (χ4n) is 1.10. The number of hydrogen-bond acceptors (Lipinski definition) is 2. The van der Waals surface area contributed by atoms with Crippen LogP contribution in [0.4, 0.5) is 5.69 Å². The van der Waals surface area contributed by atoms with Gasteiger partial charge in [0.1, 0.15) is 6.07 Å². The topological polar surface area (TPSA) is 27.0 Å². The fraction of sp³-hybridized carbons (Fsp3) is 0.300. The molecule has 1 rings (SSSR count). The highest BCUT2D eigenvalue weighted by Crippen LogP contribution is 2.22. The summed E-state index contributed by atoms with van der Waals surface area (Å²) in [5.41, 5.74) is 1.69. The van der Waals surface area contributed by atoms with Crippen LogP contribution in [0.2, 0.25) is 0 Å². The summed E-state index contributed by atoms with van der Waals surface area (Å²) in [7, 11) is 1.98. The van der Waals surface area contributed by atoms with Crippen molar-refractivity contribution in [1.29, 1.82) is 5.26 Å². The molecule has 13 heavy (non-hydrogen) atoms. The third-order valence-corrected chi connectivity index (χ3v) is 2.46. The first-order valence-electron chi connectivity index (χ1n) is 4.09. The third kappa shape index (κ3) is 2.22. The largest absolute Gasteiger partial charge is 0.374 e. The van der Waals surface area contributed by atoms with E-state index in [1.54, 1.807) is 0 Å². The zero-order valence-electron chi connectivity index (χ0n) is 7.71. The van der Waals surface area contributed by atoms with Crippen LogP contribution in [-0.2, 0) is 0 Å². The Labute approximate surface area is 86.9 Å². The lowest BCUT2D eigenvalue weighted by atomic mass is 10.2. The molecule has 0 radical (unpaired) electrons. The highest BCUT2D eigenvalue weighted by molar-refractivity contribution is 9.10. The summed E-state index contributed by atoms with van der Waals surface area (Å²) in [5.74, 6) is 0. The maximum atomic E-state index is 8.89. The molecule has 1 aromatic carbocycles. The zero-order chi connectivity index (χ0) is 9.84. The monoisotopic (exact) mass is 238 g/mol. The molecule has 0 atom stereocenters. The Hall–Kier alpha value is -1.01. The summed E-state index contributed by atoms with van der Waals surface area (Å²) in [6, 6.07) is 7.91. The normalized spacial score (nSPS) is 9.38. The first-order chi connectivity index (χ1) is 6.19. The molecular formula is C10H11BrN2. The third-order valence-electron chi connectivity index (χ3n) is 1.96. The van der Waals surface area contributed by atoms with Crippen LogP contribution in [0.15, 0.2) is 22.7 Å². The smallest absolute Gasteiger partial charge is 0.101 e. The van der Waals surface area contributed by atoms with Crippen LogP contribution in [0.5, 0.6) is 0 Å². The van der Waals surface area contributed by atoms with Crippen molar-refractivity contribution >= 4 is 21.6 Å². The molecule has 2 nitrogen and oxygen atoms in total. The van der Waals surface area contributed by atoms with Crippen LogP contribution >= 0.6 is 15.9 Å². The van der Waals surface area contributed by atoms with Gasteiger partial charge < -0.3 is 4.90 Å². The van der Waals surface area contributed by atoms with Gasteiger partial charge in [-0.25, -0.2) is 0 Å². The lowest BCUT2D eigenvalue weighted by molar-refractivity contribution is 0.965. The zero-order valence-corrected chi connectivity index (χ0v) is 9.30. The predicted molar refractivity (Wildman–Crippen MR) is 57.8 cm³/mol. The number of benzene rings is 1. The Morgan fingerprint density at radius 2 is 2.23 bits per heavy atom. The number of hydrogen-bond donors (Lipinski definition) is 0. The highest BCUT2D eigenvalue weighted by Gasteiger charge is 2.05. The van der Waals surface area contributed by atoms with Crippen molar-refractivity contribution in [3.05, 3.63) is 28.2 Å². The van der Waals surface area contributed by atoms with Crippen LogP contribution in [-0.4, -0.2) is 13.6 Å². The summed E-state index contributed by atoms with van der Waals surface area (Å²) in [6.45, 7) is 2.96. The molecule has 0 spiro atoms. The number of nitriles is 1.